The van der Waals surface area contributed by atoms with Gasteiger partial charge in [-0.05, 0) is 11.1 Å². The summed E-state index contributed by atoms with van der Waals surface area (Å²) in [6.07, 6.45) is -4.24. The van der Waals surface area contributed by atoms with Gasteiger partial charge in [-0.1, -0.05) is 24.3 Å². The van der Waals surface area contributed by atoms with Crippen molar-refractivity contribution in [1.29, 1.82) is 0 Å². The number of hydrogen-bond acceptors (Lipinski definition) is 3. The molecule has 0 spiro atoms. The van der Waals surface area contributed by atoms with E-state index in [1.54, 1.807) is 25.3 Å². The first-order valence-corrected chi connectivity index (χ1v) is 5.54. The Labute approximate surface area is 104 Å². The summed E-state index contributed by atoms with van der Waals surface area (Å²) < 4.78 is 41.4. The van der Waals surface area contributed by atoms with Gasteiger partial charge in [0.15, 0.2) is 0 Å². The Morgan fingerprint density at radius 3 is 2.67 bits per heavy atom. The maximum atomic E-state index is 12.1. The molecular weight excluding hydrogens is 245 g/mol. The van der Waals surface area contributed by atoms with Crippen LogP contribution in [-0.4, -0.2) is 26.4 Å². The van der Waals surface area contributed by atoms with Crippen molar-refractivity contribution >= 4 is 0 Å². The van der Waals surface area contributed by atoms with E-state index >= 15 is 0 Å². The van der Waals surface area contributed by atoms with Crippen LogP contribution in [0.2, 0.25) is 0 Å². The molecule has 18 heavy (non-hydrogen) atoms. The Bertz CT molecular complexity index is 369. The second-order valence-electron chi connectivity index (χ2n) is 3.96. The van der Waals surface area contributed by atoms with E-state index in [4.69, 9.17) is 10.5 Å². The zero-order valence-electron chi connectivity index (χ0n) is 10.1. The largest absolute Gasteiger partial charge is 0.401 e. The van der Waals surface area contributed by atoms with E-state index in [9.17, 15) is 13.2 Å². The molecule has 0 aliphatic carbocycles. The zero-order chi connectivity index (χ0) is 13.6. The van der Waals surface area contributed by atoms with Crippen molar-refractivity contribution in [3.8, 4) is 0 Å². The van der Waals surface area contributed by atoms with Gasteiger partial charge in [-0.3, -0.25) is 0 Å². The van der Waals surface area contributed by atoms with Crippen LogP contribution in [0.3, 0.4) is 0 Å². The topological polar surface area (TPSA) is 47.3 Å². The highest BCUT2D eigenvalue weighted by Gasteiger charge is 2.28. The molecular formula is C12H17F3N2O. The molecule has 0 heterocycles. The molecule has 0 aliphatic rings. The smallest absolute Gasteiger partial charge is 0.380 e. The minimum Gasteiger partial charge on any atom is -0.380 e. The number of benzene rings is 1. The lowest BCUT2D eigenvalue weighted by Gasteiger charge is -2.19. The fourth-order valence-corrected chi connectivity index (χ4v) is 1.64. The maximum absolute atomic E-state index is 12.1. The molecule has 6 heteroatoms. The molecule has 1 unspecified atom stereocenters. The molecule has 1 atom stereocenters. The fourth-order valence-electron chi connectivity index (χ4n) is 1.64. The fraction of sp³-hybridized carbons (Fsp3) is 0.500. The molecule has 1 rings (SSSR count). The van der Waals surface area contributed by atoms with Gasteiger partial charge in [-0.2, -0.15) is 13.2 Å². The molecule has 0 saturated heterocycles. The monoisotopic (exact) mass is 262 g/mol. The van der Waals surface area contributed by atoms with Crippen LogP contribution < -0.4 is 11.1 Å². The standard InChI is InChI=1S/C12H17F3N2O/c1-18-7-9-3-2-4-10(5-9)11(6-16)17-8-12(13,14)15/h2-5,11,17H,6-8,16H2,1H3. The highest BCUT2D eigenvalue weighted by Crippen LogP contribution is 2.18. The number of methoxy groups -OCH3 is 1. The molecule has 0 aliphatic heterocycles. The summed E-state index contributed by atoms with van der Waals surface area (Å²) in [7, 11) is 1.56. The van der Waals surface area contributed by atoms with Gasteiger partial charge in [-0.15, -0.1) is 0 Å². The van der Waals surface area contributed by atoms with E-state index in [0.717, 1.165) is 11.1 Å². The first-order chi connectivity index (χ1) is 8.46. The highest BCUT2D eigenvalue weighted by molar-refractivity contribution is 5.26. The average molecular weight is 262 g/mol. The number of alkyl halides is 3. The molecule has 0 aromatic heterocycles. The van der Waals surface area contributed by atoms with Gasteiger partial charge < -0.3 is 15.8 Å². The molecule has 0 bridgehead atoms. The van der Waals surface area contributed by atoms with Crippen LogP contribution in [-0.2, 0) is 11.3 Å². The van der Waals surface area contributed by atoms with E-state index in [1.165, 1.54) is 0 Å². The Hall–Kier alpha value is -1.11. The minimum atomic E-state index is -4.24. The molecule has 0 amide bonds. The van der Waals surface area contributed by atoms with E-state index in [-0.39, 0.29) is 6.54 Å². The third kappa shape index (κ3) is 5.03. The number of nitrogens with one attached hydrogen (secondary N) is 1. The molecule has 1 aromatic carbocycles. The first kappa shape index (κ1) is 14.9. The Morgan fingerprint density at radius 1 is 1.39 bits per heavy atom. The maximum Gasteiger partial charge on any atom is 0.401 e. The van der Waals surface area contributed by atoms with Gasteiger partial charge in [-0.25, -0.2) is 0 Å². The third-order valence-electron chi connectivity index (χ3n) is 2.45. The van der Waals surface area contributed by atoms with Crippen molar-refractivity contribution in [2.24, 2.45) is 5.73 Å². The van der Waals surface area contributed by atoms with Crippen LogP contribution in [0.5, 0.6) is 0 Å². The zero-order valence-corrected chi connectivity index (χ0v) is 10.1. The minimum absolute atomic E-state index is 0.104. The highest BCUT2D eigenvalue weighted by atomic mass is 19.4. The second kappa shape index (κ2) is 6.72. The molecule has 1 aromatic rings. The van der Waals surface area contributed by atoms with Gasteiger partial charge in [0.25, 0.3) is 0 Å². The summed E-state index contributed by atoms with van der Waals surface area (Å²) in [5.41, 5.74) is 7.13. The summed E-state index contributed by atoms with van der Waals surface area (Å²) in [6.45, 7) is -0.527. The predicted molar refractivity (Wildman–Crippen MR) is 63.0 cm³/mol. The van der Waals surface area contributed by atoms with Crippen molar-refractivity contribution < 1.29 is 17.9 Å². The van der Waals surface area contributed by atoms with E-state index < -0.39 is 18.8 Å². The van der Waals surface area contributed by atoms with E-state index in [1.807, 2.05) is 6.07 Å². The van der Waals surface area contributed by atoms with Crippen LogP contribution in [0.4, 0.5) is 13.2 Å². The summed E-state index contributed by atoms with van der Waals surface area (Å²) in [5, 5.41) is 2.40. The van der Waals surface area contributed by atoms with Gasteiger partial charge in [0, 0.05) is 19.7 Å². The van der Waals surface area contributed by atoms with Crippen LogP contribution in [0.25, 0.3) is 0 Å². The third-order valence-corrected chi connectivity index (χ3v) is 2.45. The van der Waals surface area contributed by atoms with Gasteiger partial charge in [0.05, 0.1) is 13.2 Å². The molecule has 102 valence electrons. The lowest BCUT2D eigenvalue weighted by atomic mass is 10.0. The van der Waals surface area contributed by atoms with Crippen molar-refractivity contribution in [2.75, 3.05) is 20.2 Å². The normalized spacial score (nSPS) is 13.6. The number of hydrogen-bond donors (Lipinski definition) is 2. The Kier molecular flexibility index (Phi) is 5.58. The van der Waals surface area contributed by atoms with Gasteiger partial charge in [0.2, 0.25) is 0 Å². The Balaban J connectivity index is 2.72. The molecule has 3 nitrogen and oxygen atoms in total. The van der Waals surface area contributed by atoms with Crippen molar-refractivity contribution in [2.45, 2.75) is 18.8 Å². The van der Waals surface area contributed by atoms with Crippen LogP contribution in [0, 0.1) is 0 Å². The van der Waals surface area contributed by atoms with Crippen molar-refractivity contribution in [3.05, 3.63) is 35.4 Å². The summed E-state index contributed by atoms with van der Waals surface area (Å²) in [6, 6.07) is 6.67. The molecule has 0 saturated carbocycles. The predicted octanol–water partition coefficient (Wildman–Crippen LogP) is 1.98. The van der Waals surface area contributed by atoms with Gasteiger partial charge in [0.1, 0.15) is 0 Å². The number of nitrogens with two attached hydrogens (primary N) is 1. The lowest BCUT2D eigenvalue weighted by molar-refractivity contribution is -0.126. The summed E-state index contributed by atoms with van der Waals surface area (Å²) in [5.74, 6) is 0. The van der Waals surface area contributed by atoms with Crippen molar-refractivity contribution in [3.63, 3.8) is 0 Å². The molecule has 0 fully saturated rings. The number of ether oxygens (including phenoxy) is 1. The Morgan fingerprint density at radius 2 is 2.11 bits per heavy atom. The first-order valence-electron chi connectivity index (χ1n) is 5.54. The molecule has 0 radical (unpaired) electrons. The number of halogens is 3. The molecule has 3 N–H and O–H groups in total. The lowest BCUT2D eigenvalue weighted by Crippen LogP contribution is -2.35. The van der Waals surface area contributed by atoms with Crippen LogP contribution in [0.15, 0.2) is 24.3 Å². The number of rotatable bonds is 6. The summed E-state index contributed by atoms with van der Waals surface area (Å²) in [4.78, 5) is 0. The summed E-state index contributed by atoms with van der Waals surface area (Å²) >= 11 is 0. The van der Waals surface area contributed by atoms with E-state index in [2.05, 4.69) is 5.32 Å². The average Bonchev–Trinajstić information content (AvgIpc) is 2.29. The van der Waals surface area contributed by atoms with Crippen molar-refractivity contribution in [1.82, 2.24) is 5.32 Å². The van der Waals surface area contributed by atoms with Gasteiger partial charge >= 0.3 is 6.18 Å². The SMILES string of the molecule is COCc1cccc(C(CN)NCC(F)(F)F)c1. The van der Waals surface area contributed by atoms with Crippen LogP contribution >= 0.6 is 0 Å². The second-order valence-corrected chi connectivity index (χ2v) is 3.96. The van der Waals surface area contributed by atoms with E-state index in [0.29, 0.717) is 6.61 Å². The quantitative estimate of drug-likeness (QED) is 0.824. The van der Waals surface area contributed by atoms with Crippen LogP contribution in [0.1, 0.15) is 17.2 Å².